The van der Waals surface area contributed by atoms with E-state index in [4.69, 9.17) is 0 Å². The van der Waals surface area contributed by atoms with Crippen LogP contribution >= 0.6 is 0 Å². The molecule has 0 aliphatic carbocycles. The molecule has 0 radical (unpaired) electrons. The van der Waals surface area contributed by atoms with Crippen LogP contribution in [0.2, 0.25) is 0 Å². The van der Waals surface area contributed by atoms with Crippen molar-refractivity contribution in [1.29, 1.82) is 0 Å². The number of anilines is 3. The highest BCUT2D eigenvalue weighted by molar-refractivity contribution is 6.03. The van der Waals surface area contributed by atoms with Crippen LogP contribution in [0.5, 0.6) is 0 Å². The minimum Gasteiger partial charge on any atom is -0.372 e. The molecule has 2 fully saturated rings. The molecule has 1 aromatic heterocycles. The molecule has 2 aromatic rings. The zero-order valence-electron chi connectivity index (χ0n) is 17.4. The molecule has 2 aliphatic rings. The fourth-order valence-electron chi connectivity index (χ4n) is 4.56. The summed E-state index contributed by atoms with van der Waals surface area (Å²) in [5.74, 6) is -0.159. The SMILES string of the molecule is CCC1CCCCN1c1ccc(C(=O)Nc2ccc(N3CCCCC3)cc2)nc1. The number of carbonyl (C=O) groups is 1. The van der Waals surface area contributed by atoms with Crippen molar-refractivity contribution in [3.63, 3.8) is 0 Å². The Bertz CT molecular complexity index is 797. The topological polar surface area (TPSA) is 48.5 Å². The van der Waals surface area contributed by atoms with E-state index in [0.717, 1.165) is 37.4 Å². The van der Waals surface area contributed by atoms with Crippen molar-refractivity contribution in [3.05, 3.63) is 48.3 Å². The Morgan fingerprint density at radius 2 is 1.69 bits per heavy atom. The molecule has 1 amide bonds. The van der Waals surface area contributed by atoms with E-state index in [9.17, 15) is 4.79 Å². The first-order valence-electron chi connectivity index (χ1n) is 11.1. The van der Waals surface area contributed by atoms with Gasteiger partial charge in [-0.15, -0.1) is 0 Å². The van der Waals surface area contributed by atoms with E-state index in [-0.39, 0.29) is 5.91 Å². The first-order chi connectivity index (χ1) is 14.2. The number of carbonyl (C=O) groups excluding carboxylic acids is 1. The first-order valence-corrected chi connectivity index (χ1v) is 11.1. The van der Waals surface area contributed by atoms with Crippen molar-refractivity contribution < 1.29 is 4.79 Å². The van der Waals surface area contributed by atoms with Gasteiger partial charge in [-0.2, -0.15) is 0 Å². The predicted molar refractivity (Wildman–Crippen MR) is 120 cm³/mol. The van der Waals surface area contributed by atoms with Crippen LogP contribution in [0.1, 0.15) is 62.4 Å². The third kappa shape index (κ3) is 4.72. The fourth-order valence-corrected chi connectivity index (χ4v) is 4.56. The predicted octanol–water partition coefficient (Wildman–Crippen LogP) is 5.09. The molecule has 1 unspecified atom stereocenters. The van der Waals surface area contributed by atoms with E-state index < -0.39 is 0 Å². The summed E-state index contributed by atoms with van der Waals surface area (Å²) in [6.45, 7) is 5.57. The van der Waals surface area contributed by atoms with E-state index in [0.29, 0.717) is 11.7 Å². The van der Waals surface area contributed by atoms with Gasteiger partial charge in [-0.05, 0) is 81.3 Å². The van der Waals surface area contributed by atoms with Gasteiger partial charge in [-0.1, -0.05) is 6.92 Å². The molecule has 0 spiro atoms. The lowest BCUT2D eigenvalue weighted by Gasteiger charge is -2.37. The summed E-state index contributed by atoms with van der Waals surface area (Å²) in [5.41, 5.74) is 3.62. The van der Waals surface area contributed by atoms with Crippen molar-refractivity contribution in [2.45, 2.75) is 57.9 Å². The zero-order valence-corrected chi connectivity index (χ0v) is 17.4. The second-order valence-corrected chi connectivity index (χ2v) is 8.20. The van der Waals surface area contributed by atoms with Gasteiger partial charge in [0.2, 0.25) is 0 Å². The summed E-state index contributed by atoms with van der Waals surface area (Å²) in [7, 11) is 0. The lowest BCUT2D eigenvalue weighted by Crippen LogP contribution is -2.39. The maximum absolute atomic E-state index is 12.6. The summed E-state index contributed by atoms with van der Waals surface area (Å²) in [5, 5.41) is 2.97. The Balaban J connectivity index is 1.38. The first kappa shape index (κ1) is 19.7. The number of amides is 1. The van der Waals surface area contributed by atoms with Crippen molar-refractivity contribution in [1.82, 2.24) is 4.98 Å². The highest BCUT2D eigenvalue weighted by Gasteiger charge is 2.21. The largest absolute Gasteiger partial charge is 0.372 e. The van der Waals surface area contributed by atoms with Crippen LogP contribution in [0.15, 0.2) is 42.6 Å². The smallest absolute Gasteiger partial charge is 0.274 e. The third-order valence-corrected chi connectivity index (χ3v) is 6.26. The van der Waals surface area contributed by atoms with Crippen LogP contribution in [0.3, 0.4) is 0 Å². The second-order valence-electron chi connectivity index (χ2n) is 8.20. The third-order valence-electron chi connectivity index (χ3n) is 6.26. The number of hydrogen-bond acceptors (Lipinski definition) is 4. The number of pyridine rings is 1. The minimum absolute atomic E-state index is 0.159. The summed E-state index contributed by atoms with van der Waals surface area (Å²) in [6.07, 6.45) is 10.6. The molecule has 5 heteroatoms. The van der Waals surface area contributed by atoms with Gasteiger partial charge in [0.1, 0.15) is 5.69 Å². The molecule has 2 aliphatic heterocycles. The van der Waals surface area contributed by atoms with Gasteiger partial charge in [0.05, 0.1) is 11.9 Å². The maximum atomic E-state index is 12.6. The Morgan fingerprint density at radius 1 is 0.966 bits per heavy atom. The highest BCUT2D eigenvalue weighted by Crippen LogP contribution is 2.26. The van der Waals surface area contributed by atoms with Crippen LogP contribution < -0.4 is 15.1 Å². The van der Waals surface area contributed by atoms with Gasteiger partial charge in [0, 0.05) is 37.1 Å². The maximum Gasteiger partial charge on any atom is 0.274 e. The molecule has 0 bridgehead atoms. The lowest BCUT2D eigenvalue weighted by molar-refractivity contribution is 0.102. The second kappa shape index (κ2) is 9.29. The van der Waals surface area contributed by atoms with Crippen LogP contribution in [-0.4, -0.2) is 36.6 Å². The number of benzene rings is 1. The Labute approximate surface area is 174 Å². The minimum atomic E-state index is -0.159. The van der Waals surface area contributed by atoms with Crippen molar-refractivity contribution >= 4 is 23.0 Å². The standard InChI is InChI=1S/C24H32N4O/c1-2-20-8-4-7-17-28(20)22-13-14-23(25-18-22)24(29)26-19-9-11-21(12-10-19)27-15-5-3-6-16-27/h9-14,18,20H,2-8,15-17H2,1H3,(H,26,29). The monoisotopic (exact) mass is 392 g/mol. The van der Waals surface area contributed by atoms with Crippen LogP contribution in [-0.2, 0) is 0 Å². The quantitative estimate of drug-likeness (QED) is 0.770. The molecule has 4 rings (SSSR count). The molecule has 5 nitrogen and oxygen atoms in total. The van der Waals surface area contributed by atoms with Crippen molar-refractivity contribution in [3.8, 4) is 0 Å². The van der Waals surface area contributed by atoms with E-state index >= 15 is 0 Å². The van der Waals surface area contributed by atoms with E-state index in [1.54, 1.807) is 0 Å². The van der Waals surface area contributed by atoms with Gasteiger partial charge < -0.3 is 15.1 Å². The Kier molecular flexibility index (Phi) is 6.33. The van der Waals surface area contributed by atoms with Crippen molar-refractivity contribution in [2.75, 3.05) is 34.8 Å². The molecule has 1 atom stereocenters. The molecule has 29 heavy (non-hydrogen) atoms. The normalized spacial score (nSPS) is 19.8. The molecule has 154 valence electrons. The fraction of sp³-hybridized carbons (Fsp3) is 0.500. The van der Waals surface area contributed by atoms with Crippen LogP contribution in [0, 0.1) is 0 Å². The van der Waals surface area contributed by atoms with Gasteiger partial charge in [-0.3, -0.25) is 4.79 Å². The zero-order chi connectivity index (χ0) is 20.1. The molecule has 1 aromatic carbocycles. The van der Waals surface area contributed by atoms with Gasteiger partial charge in [-0.25, -0.2) is 4.98 Å². The summed E-state index contributed by atoms with van der Waals surface area (Å²) in [4.78, 5) is 21.9. The molecular formula is C24H32N4O. The van der Waals surface area contributed by atoms with Crippen LogP contribution in [0.4, 0.5) is 17.1 Å². The van der Waals surface area contributed by atoms with E-state index in [2.05, 4.69) is 39.2 Å². The van der Waals surface area contributed by atoms with Crippen molar-refractivity contribution in [2.24, 2.45) is 0 Å². The molecule has 2 saturated heterocycles. The number of nitrogens with one attached hydrogen (secondary N) is 1. The van der Waals surface area contributed by atoms with E-state index in [1.807, 2.05) is 30.5 Å². The van der Waals surface area contributed by atoms with Gasteiger partial charge in [0.15, 0.2) is 0 Å². The molecule has 3 heterocycles. The lowest BCUT2D eigenvalue weighted by atomic mass is 9.99. The number of hydrogen-bond donors (Lipinski definition) is 1. The Morgan fingerprint density at radius 3 is 2.38 bits per heavy atom. The van der Waals surface area contributed by atoms with Gasteiger partial charge >= 0.3 is 0 Å². The molecule has 1 N–H and O–H groups in total. The summed E-state index contributed by atoms with van der Waals surface area (Å²) in [6, 6.07) is 12.6. The number of piperidine rings is 2. The highest BCUT2D eigenvalue weighted by atomic mass is 16.1. The summed E-state index contributed by atoms with van der Waals surface area (Å²) < 4.78 is 0. The van der Waals surface area contributed by atoms with Gasteiger partial charge in [0.25, 0.3) is 5.91 Å². The molecular weight excluding hydrogens is 360 g/mol. The van der Waals surface area contributed by atoms with E-state index in [1.165, 1.54) is 44.2 Å². The molecule has 0 saturated carbocycles. The van der Waals surface area contributed by atoms with Crippen LogP contribution in [0.25, 0.3) is 0 Å². The number of aromatic nitrogens is 1. The number of nitrogens with zero attached hydrogens (tertiary/aromatic N) is 3. The number of rotatable bonds is 5. The summed E-state index contributed by atoms with van der Waals surface area (Å²) >= 11 is 0. The average molecular weight is 393 g/mol. The Hall–Kier alpha value is -2.56. The average Bonchev–Trinajstić information content (AvgIpc) is 2.80.